The largest absolute Gasteiger partial charge is 0.397 e. The highest BCUT2D eigenvalue weighted by Crippen LogP contribution is 2.31. The first-order chi connectivity index (χ1) is 7.15. The number of anilines is 1. The Hall–Kier alpha value is -1.09. The van der Waals surface area contributed by atoms with Crippen molar-refractivity contribution in [2.75, 3.05) is 5.73 Å². The predicted octanol–water partition coefficient (Wildman–Crippen LogP) is 3.45. The van der Waals surface area contributed by atoms with E-state index in [1.54, 1.807) is 0 Å². The molecule has 2 rings (SSSR count). The fourth-order valence-corrected chi connectivity index (χ4v) is 2.06. The number of rotatable bonds is 1. The Morgan fingerprint density at radius 2 is 2.13 bits per heavy atom. The Bertz CT molecular complexity index is 521. The zero-order valence-electron chi connectivity index (χ0n) is 8.84. The first kappa shape index (κ1) is 10.4. The molecule has 0 saturated carbocycles. The molecule has 0 amide bonds. The van der Waals surface area contributed by atoms with Crippen LogP contribution in [-0.2, 0) is 6.42 Å². The van der Waals surface area contributed by atoms with Crippen LogP contribution >= 0.6 is 15.9 Å². The third-order valence-electron chi connectivity index (χ3n) is 2.62. The van der Waals surface area contributed by atoms with Gasteiger partial charge in [-0.2, -0.15) is 0 Å². The summed E-state index contributed by atoms with van der Waals surface area (Å²) in [6.07, 6.45) is 0.977. The van der Waals surface area contributed by atoms with E-state index >= 15 is 0 Å². The highest BCUT2D eigenvalue weighted by Gasteiger charge is 2.09. The minimum absolute atomic E-state index is 0.785. The first-order valence-corrected chi connectivity index (χ1v) is 5.77. The van der Waals surface area contributed by atoms with Gasteiger partial charge in [-0.15, -0.1) is 0 Å². The van der Waals surface area contributed by atoms with Crippen molar-refractivity contribution in [2.24, 2.45) is 0 Å². The Morgan fingerprint density at radius 1 is 1.40 bits per heavy atom. The zero-order valence-corrected chi connectivity index (χ0v) is 10.4. The summed E-state index contributed by atoms with van der Waals surface area (Å²) in [6, 6.07) is 6.14. The minimum Gasteiger partial charge on any atom is -0.397 e. The van der Waals surface area contributed by atoms with Crippen LogP contribution in [0.25, 0.3) is 10.9 Å². The molecule has 0 atom stereocenters. The summed E-state index contributed by atoms with van der Waals surface area (Å²) in [5, 5.41) is 1.03. The van der Waals surface area contributed by atoms with Crippen LogP contribution in [0.4, 0.5) is 5.69 Å². The van der Waals surface area contributed by atoms with E-state index < -0.39 is 0 Å². The number of pyridine rings is 1. The van der Waals surface area contributed by atoms with Crippen LogP contribution in [0.5, 0.6) is 0 Å². The summed E-state index contributed by atoms with van der Waals surface area (Å²) >= 11 is 3.46. The van der Waals surface area contributed by atoms with E-state index in [0.717, 1.165) is 33.2 Å². The Balaban J connectivity index is 2.91. The number of hydrogen-bond donors (Lipinski definition) is 1. The van der Waals surface area contributed by atoms with Gasteiger partial charge in [0.2, 0.25) is 0 Å². The van der Waals surface area contributed by atoms with Crippen molar-refractivity contribution in [3.8, 4) is 0 Å². The van der Waals surface area contributed by atoms with Gasteiger partial charge < -0.3 is 5.73 Å². The number of aromatic nitrogens is 1. The Morgan fingerprint density at radius 3 is 2.80 bits per heavy atom. The first-order valence-electron chi connectivity index (χ1n) is 4.98. The fourth-order valence-electron chi connectivity index (χ4n) is 1.76. The summed E-state index contributed by atoms with van der Waals surface area (Å²) in [5.41, 5.74) is 10.1. The lowest BCUT2D eigenvalue weighted by Gasteiger charge is -2.09. The molecule has 2 N–H and O–H groups in total. The molecule has 0 radical (unpaired) electrons. The number of halogens is 1. The maximum atomic E-state index is 6.06. The van der Waals surface area contributed by atoms with E-state index in [-0.39, 0.29) is 0 Å². The lowest BCUT2D eigenvalue weighted by Crippen LogP contribution is -1.97. The Labute approximate surface area is 97.6 Å². The third kappa shape index (κ3) is 1.61. The van der Waals surface area contributed by atoms with Crippen LogP contribution in [0.15, 0.2) is 22.7 Å². The molecule has 0 bridgehead atoms. The minimum atomic E-state index is 0.785. The number of para-hydroxylation sites is 1. The lowest BCUT2D eigenvalue weighted by molar-refractivity contribution is 1.13. The van der Waals surface area contributed by atoms with Gasteiger partial charge in [0, 0.05) is 5.39 Å². The number of nitrogens with two attached hydrogens (primary N) is 1. The maximum absolute atomic E-state index is 6.06. The molecule has 3 heteroatoms. The van der Waals surface area contributed by atoms with Crippen LogP contribution in [-0.4, -0.2) is 4.98 Å². The van der Waals surface area contributed by atoms with E-state index in [2.05, 4.69) is 33.9 Å². The molecule has 0 aliphatic rings. The molecular weight excluding hydrogens is 252 g/mol. The van der Waals surface area contributed by atoms with E-state index in [0.29, 0.717) is 0 Å². The van der Waals surface area contributed by atoms with E-state index in [1.807, 2.05) is 19.1 Å². The van der Waals surface area contributed by atoms with Crippen molar-refractivity contribution >= 4 is 32.5 Å². The molecule has 0 spiro atoms. The fraction of sp³-hybridized carbons (Fsp3) is 0.250. The summed E-state index contributed by atoms with van der Waals surface area (Å²) < 4.78 is 0.906. The van der Waals surface area contributed by atoms with Crippen molar-refractivity contribution < 1.29 is 0 Å². The normalized spacial score (nSPS) is 10.9. The number of nitrogen functional groups attached to an aromatic ring is 1. The summed E-state index contributed by atoms with van der Waals surface area (Å²) in [6.45, 7) is 4.09. The van der Waals surface area contributed by atoms with Crippen molar-refractivity contribution in [1.82, 2.24) is 4.98 Å². The summed E-state index contributed by atoms with van der Waals surface area (Å²) in [5.74, 6) is 0. The van der Waals surface area contributed by atoms with Gasteiger partial charge >= 0.3 is 0 Å². The molecule has 78 valence electrons. The quantitative estimate of drug-likeness (QED) is 0.857. The molecule has 0 aliphatic heterocycles. The van der Waals surface area contributed by atoms with Gasteiger partial charge in [-0.3, -0.25) is 4.98 Å². The molecule has 0 fully saturated rings. The number of hydrogen-bond acceptors (Lipinski definition) is 2. The van der Waals surface area contributed by atoms with Gasteiger partial charge in [0.15, 0.2) is 0 Å². The number of benzene rings is 1. The number of aryl methyl sites for hydroxylation is 2. The van der Waals surface area contributed by atoms with Crippen molar-refractivity contribution in [3.63, 3.8) is 0 Å². The molecule has 0 saturated heterocycles. The van der Waals surface area contributed by atoms with Crippen molar-refractivity contribution in [1.29, 1.82) is 0 Å². The summed E-state index contributed by atoms with van der Waals surface area (Å²) in [7, 11) is 0. The molecule has 2 nitrogen and oxygen atoms in total. The second kappa shape index (κ2) is 3.81. The second-order valence-electron chi connectivity index (χ2n) is 3.59. The average molecular weight is 265 g/mol. The monoisotopic (exact) mass is 264 g/mol. The second-order valence-corrected chi connectivity index (χ2v) is 4.38. The smallest absolute Gasteiger partial charge is 0.0758 e. The summed E-state index contributed by atoms with van der Waals surface area (Å²) in [4.78, 5) is 4.58. The molecule has 2 aromatic rings. The standard InChI is InChI=1S/C12H13BrN2/c1-3-8-5-4-6-9-11(14)10(13)7(2)15-12(8)9/h4-6H,3H2,1-2H3,(H2,14,15). The van der Waals surface area contributed by atoms with Gasteiger partial charge in [-0.05, 0) is 34.8 Å². The molecular formula is C12H13BrN2. The van der Waals surface area contributed by atoms with Crippen LogP contribution in [0, 0.1) is 6.92 Å². The topological polar surface area (TPSA) is 38.9 Å². The third-order valence-corrected chi connectivity index (χ3v) is 3.63. The molecule has 1 aromatic carbocycles. The van der Waals surface area contributed by atoms with Crippen LogP contribution < -0.4 is 5.73 Å². The highest BCUT2D eigenvalue weighted by molar-refractivity contribution is 9.10. The Kier molecular flexibility index (Phi) is 2.65. The molecule has 0 aliphatic carbocycles. The van der Waals surface area contributed by atoms with Gasteiger partial charge in [0.05, 0.1) is 21.4 Å². The van der Waals surface area contributed by atoms with Gasteiger partial charge in [-0.1, -0.05) is 25.1 Å². The lowest BCUT2D eigenvalue weighted by atomic mass is 10.1. The van der Waals surface area contributed by atoms with Gasteiger partial charge in [-0.25, -0.2) is 0 Å². The highest BCUT2D eigenvalue weighted by atomic mass is 79.9. The van der Waals surface area contributed by atoms with Gasteiger partial charge in [0.1, 0.15) is 0 Å². The number of fused-ring (bicyclic) bond motifs is 1. The zero-order chi connectivity index (χ0) is 11.0. The van der Waals surface area contributed by atoms with Crippen LogP contribution in [0.2, 0.25) is 0 Å². The molecule has 1 aromatic heterocycles. The van der Waals surface area contributed by atoms with E-state index in [4.69, 9.17) is 5.73 Å². The maximum Gasteiger partial charge on any atom is 0.0758 e. The van der Waals surface area contributed by atoms with Crippen molar-refractivity contribution in [3.05, 3.63) is 33.9 Å². The number of nitrogens with zero attached hydrogens (tertiary/aromatic N) is 1. The van der Waals surface area contributed by atoms with Crippen molar-refractivity contribution in [2.45, 2.75) is 20.3 Å². The SMILES string of the molecule is CCc1cccc2c(N)c(Br)c(C)nc12. The van der Waals surface area contributed by atoms with E-state index in [1.165, 1.54) is 5.56 Å². The van der Waals surface area contributed by atoms with E-state index in [9.17, 15) is 0 Å². The molecule has 15 heavy (non-hydrogen) atoms. The predicted molar refractivity (Wildman–Crippen MR) is 68.0 cm³/mol. The average Bonchev–Trinajstić information content (AvgIpc) is 2.25. The van der Waals surface area contributed by atoms with Crippen LogP contribution in [0.3, 0.4) is 0 Å². The molecule has 0 unspecified atom stereocenters. The molecule has 1 heterocycles. The van der Waals surface area contributed by atoms with Crippen LogP contribution in [0.1, 0.15) is 18.2 Å². The van der Waals surface area contributed by atoms with Gasteiger partial charge in [0.25, 0.3) is 0 Å².